The molecule has 88 valence electrons. The topological polar surface area (TPSA) is 87.7 Å². The second-order valence-corrected chi connectivity index (χ2v) is 6.78. The van der Waals surface area contributed by atoms with E-state index in [1.54, 1.807) is 18.2 Å². The van der Waals surface area contributed by atoms with Crippen LogP contribution < -0.4 is 4.35 Å². The number of furan rings is 1. The molecule has 0 fully saturated rings. The molecule has 0 unspecified atom stereocenters. The van der Waals surface area contributed by atoms with Gasteiger partial charge in [0, 0.05) is 0 Å². The molecule has 6 heteroatoms. The summed E-state index contributed by atoms with van der Waals surface area (Å²) in [5, 5.41) is 0. The quantitative estimate of drug-likeness (QED) is 0.629. The molecule has 2 rings (SSSR count). The van der Waals surface area contributed by atoms with Crippen LogP contribution in [0.25, 0.3) is 11.3 Å². The van der Waals surface area contributed by atoms with Gasteiger partial charge in [0.2, 0.25) is 0 Å². The Morgan fingerprint density at radius 2 is 1.71 bits per heavy atom. The van der Waals surface area contributed by atoms with Crippen LogP contribution in [0.1, 0.15) is 10.6 Å². The summed E-state index contributed by atoms with van der Waals surface area (Å²) in [6.45, 7) is 0. The number of hydrogen-bond donors (Lipinski definition) is 2. The molecular formula is C11H9AsO5. The number of aldehydes is 1. The summed E-state index contributed by atoms with van der Waals surface area (Å²) in [6.07, 6.45) is 0.594. The monoisotopic (exact) mass is 296 g/mol. The van der Waals surface area contributed by atoms with Gasteiger partial charge in [0.25, 0.3) is 0 Å². The molecule has 0 bridgehead atoms. The normalized spacial score (nSPS) is 11.4. The number of benzene rings is 1. The summed E-state index contributed by atoms with van der Waals surface area (Å²) in [7, 11) is 0. The summed E-state index contributed by atoms with van der Waals surface area (Å²) in [4.78, 5) is 10.4. The van der Waals surface area contributed by atoms with Gasteiger partial charge in [-0.2, -0.15) is 0 Å². The standard InChI is InChI=1S/C11H9AsO5/c13-7-10-5-6-11(17-10)8-1-3-9(4-2-8)12(14,15)16/h1-7H,(H2,14,15,16). The molecule has 0 aliphatic rings. The number of carbonyl (C=O) groups excluding carboxylic acids is 1. The molecule has 1 aromatic heterocycles. The summed E-state index contributed by atoms with van der Waals surface area (Å²) in [5.74, 6) is 0.694. The first kappa shape index (κ1) is 11.9. The van der Waals surface area contributed by atoms with Crippen LogP contribution >= 0.6 is 0 Å². The van der Waals surface area contributed by atoms with E-state index in [1.807, 2.05) is 0 Å². The molecule has 0 spiro atoms. The summed E-state index contributed by atoms with van der Waals surface area (Å²) < 4.78 is 34.2. The first-order valence-corrected chi connectivity index (χ1v) is 8.10. The van der Waals surface area contributed by atoms with Gasteiger partial charge in [0.15, 0.2) is 0 Å². The molecule has 0 atom stereocenters. The molecule has 0 radical (unpaired) electrons. The molecular weight excluding hydrogens is 287 g/mol. The third kappa shape index (κ3) is 2.58. The van der Waals surface area contributed by atoms with Crippen LogP contribution in [-0.4, -0.2) is 28.7 Å². The van der Waals surface area contributed by atoms with E-state index in [0.717, 1.165) is 0 Å². The zero-order valence-electron chi connectivity index (χ0n) is 8.61. The second kappa shape index (κ2) is 4.37. The molecule has 17 heavy (non-hydrogen) atoms. The van der Waals surface area contributed by atoms with Crippen LogP contribution in [0, 0.1) is 0 Å². The number of rotatable bonds is 3. The van der Waals surface area contributed by atoms with Gasteiger partial charge in [-0.25, -0.2) is 0 Å². The van der Waals surface area contributed by atoms with E-state index in [2.05, 4.69) is 0 Å². The van der Waals surface area contributed by atoms with E-state index in [4.69, 9.17) is 12.6 Å². The molecule has 1 aromatic carbocycles. The van der Waals surface area contributed by atoms with Gasteiger partial charge in [-0.3, -0.25) is 0 Å². The van der Waals surface area contributed by atoms with Gasteiger partial charge >= 0.3 is 99.4 Å². The van der Waals surface area contributed by atoms with E-state index in [1.165, 1.54) is 18.2 Å². The Morgan fingerprint density at radius 1 is 1.06 bits per heavy atom. The number of hydrogen-bond acceptors (Lipinski definition) is 3. The number of carbonyl (C=O) groups is 1. The Labute approximate surface area is 99.7 Å². The van der Waals surface area contributed by atoms with Gasteiger partial charge in [-0.1, -0.05) is 0 Å². The van der Waals surface area contributed by atoms with Gasteiger partial charge in [0.1, 0.15) is 0 Å². The zero-order valence-corrected chi connectivity index (χ0v) is 10.5. The van der Waals surface area contributed by atoms with E-state index in [-0.39, 0.29) is 10.1 Å². The van der Waals surface area contributed by atoms with Crippen molar-refractivity contribution in [3.05, 3.63) is 42.2 Å². The van der Waals surface area contributed by atoms with Crippen molar-refractivity contribution in [2.45, 2.75) is 0 Å². The molecule has 2 N–H and O–H groups in total. The van der Waals surface area contributed by atoms with Crippen LogP contribution in [0.3, 0.4) is 0 Å². The molecule has 5 nitrogen and oxygen atoms in total. The van der Waals surface area contributed by atoms with Gasteiger partial charge in [-0.15, -0.1) is 0 Å². The first-order valence-electron chi connectivity index (χ1n) is 4.72. The average Bonchev–Trinajstić information content (AvgIpc) is 2.76. The molecule has 1 heterocycles. The minimum atomic E-state index is -4.83. The predicted octanol–water partition coefficient (Wildman–Crippen LogP) is 0.320. The molecule has 0 saturated carbocycles. The first-order chi connectivity index (χ1) is 8.00. The Kier molecular flexibility index (Phi) is 3.07. The molecule has 2 aromatic rings. The second-order valence-electron chi connectivity index (χ2n) is 3.41. The Bertz CT molecular complexity index is 578. The van der Waals surface area contributed by atoms with E-state index in [0.29, 0.717) is 17.6 Å². The Hall–Kier alpha value is -1.55. The fraction of sp³-hybridized carbons (Fsp3) is 0. The predicted molar refractivity (Wildman–Crippen MR) is 60.0 cm³/mol. The van der Waals surface area contributed by atoms with Crippen molar-refractivity contribution in [2.24, 2.45) is 0 Å². The third-order valence-corrected chi connectivity index (χ3v) is 4.27. The summed E-state index contributed by atoms with van der Waals surface area (Å²) in [6, 6.07) is 8.97. The van der Waals surface area contributed by atoms with Crippen LogP contribution in [0.4, 0.5) is 0 Å². The van der Waals surface area contributed by atoms with Gasteiger partial charge in [0.05, 0.1) is 0 Å². The zero-order chi connectivity index (χ0) is 12.5. The van der Waals surface area contributed by atoms with Crippen molar-refractivity contribution in [1.82, 2.24) is 0 Å². The maximum absolute atomic E-state index is 11.0. The van der Waals surface area contributed by atoms with Crippen molar-refractivity contribution in [3.8, 4) is 11.3 Å². The van der Waals surface area contributed by atoms with Crippen molar-refractivity contribution >= 4 is 24.8 Å². The average molecular weight is 296 g/mol. The fourth-order valence-electron chi connectivity index (χ4n) is 1.39. The molecule has 0 aliphatic heterocycles. The van der Waals surface area contributed by atoms with Crippen LogP contribution in [-0.2, 0) is 3.74 Å². The SMILES string of the molecule is O=Cc1ccc(-c2ccc([As](=O)(O)O)cc2)o1. The van der Waals surface area contributed by atoms with Crippen molar-refractivity contribution in [1.29, 1.82) is 0 Å². The van der Waals surface area contributed by atoms with E-state index >= 15 is 0 Å². The summed E-state index contributed by atoms with van der Waals surface area (Å²) in [5.41, 5.74) is 0.658. The molecule has 0 saturated heterocycles. The van der Waals surface area contributed by atoms with Crippen molar-refractivity contribution < 1.29 is 21.1 Å². The minimum absolute atomic E-state index is 0.00837. The van der Waals surface area contributed by atoms with E-state index < -0.39 is 14.2 Å². The maximum atomic E-state index is 11.0. The van der Waals surface area contributed by atoms with Gasteiger partial charge in [-0.05, 0) is 0 Å². The van der Waals surface area contributed by atoms with Gasteiger partial charge < -0.3 is 0 Å². The molecule has 0 aliphatic carbocycles. The van der Waals surface area contributed by atoms with Crippen LogP contribution in [0.15, 0.2) is 40.8 Å². The fourth-order valence-corrected chi connectivity index (χ4v) is 2.52. The van der Waals surface area contributed by atoms with E-state index in [9.17, 15) is 8.53 Å². The van der Waals surface area contributed by atoms with Crippen LogP contribution in [0.5, 0.6) is 0 Å². The Morgan fingerprint density at radius 3 is 2.18 bits per heavy atom. The third-order valence-electron chi connectivity index (χ3n) is 2.23. The van der Waals surface area contributed by atoms with Crippen molar-refractivity contribution in [3.63, 3.8) is 0 Å². The van der Waals surface area contributed by atoms with Crippen molar-refractivity contribution in [2.75, 3.05) is 0 Å². The van der Waals surface area contributed by atoms with Crippen LogP contribution in [0.2, 0.25) is 0 Å². The molecule has 0 amide bonds. The Balaban J connectivity index is 2.35. The summed E-state index contributed by atoms with van der Waals surface area (Å²) >= 11 is -4.83.